The van der Waals surface area contributed by atoms with Gasteiger partial charge in [-0.1, -0.05) is 0 Å². The van der Waals surface area contributed by atoms with Crippen LogP contribution in [0.3, 0.4) is 0 Å². The van der Waals surface area contributed by atoms with Crippen LogP contribution < -0.4 is 5.32 Å². The highest BCUT2D eigenvalue weighted by molar-refractivity contribution is 8.02. The Bertz CT molecular complexity index is 646. The van der Waals surface area contributed by atoms with Crippen molar-refractivity contribution in [2.45, 2.75) is 11.1 Å². The van der Waals surface area contributed by atoms with E-state index in [4.69, 9.17) is 4.74 Å². The van der Waals surface area contributed by atoms with Gasteiger partial charge in [0.15, 0.2) is 0 Å². The Morgan fingerprint density at radius 3 is 3.17 bits per heavy atom. The lowest BCUT2D eigenvalue weighted by molar-refractivity contribution is -0.113. The highest BCUT2D eigenvalue weighted by Gasteiger charge is 2.27. The summed E-state index contributed by atoms with van der Waals surface area (Å²) in [6.07, 6.45) is 0. The van der Waals surface area contributed by atoms with Crippen molar-refractivity contribution in [2.24, 2.45) is 0 Å². The molecule has 0 aromatic carbocycles. The lowest BCUT2D eigenvalue weighted by Gasteiger charge is -2.03. The van der Waals surface area contributed by atoms with Gasteiger partial charge in [-0.15, -0.1) is 23.1 Å². The molecule has 1 aliphatic heterocycles. The fourth-order valence-corrected chi connectivity index (χ4v) is 4.68. The minimum atomic E-state index is -0.404. The summed E-state index contributed by atoms with van der Waals surface area (Å²) in [5.41, 5.74) is 0.562. The number of nitrogens with one attached hydrogen (secondary N) is 1. The van der Waals surface area contributed by atoms with Crippen molar-refractivity contribution < 1.29 is 14.3 Å². The van der Waals surface area contributed by atoms with E-state index < -0.39 is 5.97 Å². The number of esters is 1. The maximum atomic E-state index is 11.9. The zero-order chi connectivity index (χ0) is 12.7. The molecule has 0 saturated heterocycles. The summed E-state index contributed by atoms with van der Waals surface area (Å²) in [5.74, 6) is -0.161. The van der Waals surface area contributed by atoms with Gasteiger partial charge in [-0.3, -0.25) is 4.79 Å². The first-order valence-electron chi connectivity index (χ1n) is 5.22. The van der Waals surface area contributed by atoms with E-state index in [0.29, 0.717) is 22.9 Å². The number of nitrogens with zero attached hydrogens (tertiary/aromatic N) is 1. The maximum Gasteiger partial charge on any atom is 0.350 e. The van der Waals surface area contributed by atoms with E-state index >= 15 is 0 Å². The summed E-state index contributed by atoms with van der Waals surface area (Å²) >= 11 is 4.08. The summed E-state index contributed by atoms with van der Waals surface area (Å²) in [6.45, 7) is 2.06. The van der Waals surface area contributed by atoms with Crippen LogP contribution in [-0.4, -0.2) is 28.6 Å². The SMILES string of the molecule is CCOC(=O)c1sc2nsc3c2c1NC(=O)CS3. The molecule has 0 fully saturated rings. The minimum absolute atomic E-state index is 0.103. The molecule has 0 spiro atoms. The standard InChI is InChI=1S/C10H8N2O3S3/c1-2-15-9(14)7-6-5-8(17-7)12-18-10(5)16-3-4(13)11-6/h2-3H2,1H3,(H,11,13). The van der Waals surface area contributed by atoms with Crippen LogP contribution in [-0.2, 0) is 9.53 Å². The lowest BCUT2D eigenvalue weighted by atomic mass is 10.3. The molecule has 0 radical (unpaired) electrons. The number of hydrogen-bond donors (Lipinski definition) is 1. The van der Waals surface area contributed by atoms with Gasteiger partial charge in [-0.25, -0.2) is 4.79 Å². The van der Waals surface area contributed by atoms with Crippen molar-refractivity contribution >= 4 is 62.4 Å². The van der Waals surface area contributed by atoms with Gasteiger partial charge in [0, 0.05) is 0 Å². The first kappa shape index (κ1) is 11.9. The third-order valence-corrected chi connectivity index (χ3v) is 5.64. The molecule has 1 N–H and O–H groups in total. The number of thioether (sulfide) groups is 1. The molecule has 0 saturated carbocycles. The predicted octanol–water partition coefficient (Wildman–Crippen LogP) is 2.58. The Morgan fingerprint density at radius 1 is 1.56 bits per heavy atom. The Kier molecular flexibility index (Phi) is 3.00. The van der Waals surface area contributed by atoms with Gasteiger partial charge in [0.05, 0.1) is 27.6 Å². The normalized spacial score (nSPS) is 14.4. The first-order chi connectivity index (χ1) is 8.70. The van der Waals surface area contributed by atoms with Gasteiger partial charge in [-0.2, -0.15) is 4.37 Å². The van der Waals surface area contributed by atoms with Crippen LogP contribution in [0.5, 0.6) is 0 Å². The smallest absolute Gasteiger partial charge is 0.350 e. The number of carbonyl (C=O) groups excluding carboxylic acids is 2. The molecule has 1 amide bonds. The van der Waals surface area contributed by atoms with E-state index in [9.17, 15) is 9.59 Å². The molecule has 3 heterocycles. The quantitative estimate of drug-likeness (QED) is 0.863. The molecular formula is C10H8N2O3S3. The minimum Gasteiger partial charge on any atom is -0.462 e. The van der Waals surface area contributed by atoms with E-state index in [0.717, 1.165) is 14.4 Å². The largest absolute Gasteiger partial charge is 0.462 e. The van der Waals surface area contributed by atoms with E-state index in [2.05, 4.69) is 9.69 Å². The van der Waals surface area contributed by atoms with E-state index in [1.54, 1.807) is 6.92 Å². The molecule has 2 aromatic rings. The van der Waals surface area contributed by atoms with Crippen LogP contribution in [0.2, 0.25) is 0 Å². The van der Waals surface area contributed by atoms with Crippen LogP contribution in [0.25, 0.3) is 10.2 Å². The average Bonchev–Trinajstić information content (AvgIpc) is 2.83. The van der Waals surface area contributed by atoms with Crippen LogP contribution >= 0.6 is 34.6 Å². The number of ether oxygens (including phenoxy) is 1. The zero-order valence-electron chi connectivity index (χ0n) is 9.31. The van der Waals surface area contributed by atoms with Gasteiger partial charge in [-0.05, 0) is 18.5 Å². The number of carbonyl (C=O) groups is 2. The second-order valence-corrected chi connectivity index (χ2v) is 6.53. The highest BCUT2D eigenvalue weighted by atomic mass is 32.2. The number of hydrogen-bond acceptors (Lipinski definition) is 7. The molecule has 0 bridgehead atoms. The summed E-state index contributed by atoms with van der Waals surface area (Å²) in [4.78, 5) is 24.7. The number of thiophene rings is 1. The fourth-order valence-electron chi connectivity index (χ4n) is 1.67. The van der Waals surface area contributed by atoms with Crippen molar-refractivity contribution in [2.75, 3.05) is 17.7 Å². The van der Waals surface area contributed by atoms with Crippen molar-refractivity contribution in [3.05, 3.63) is 4.88 Å². The molecule has 18 heavy (non-hydrogen) atoms. The van der Waals surface area contributed by atoms with E-state index in [-0.39, 0.29) is 5.91 Å². The summed E-state index contributed by atoms with van der Waals surface area (Å²) in [7, 11) is 0. The Morgan fingerprint density at radius 2 is 2.39 bits per heavy atom. The van der Waals surface area contributed by atoms with Gasteiger partial charge in [0.2, 0.25) is 5.91 Å². The third kappa shape index (κ3) is 1.80. The lowest BCUT2D eigenvalue weighted by Crippen LogP contribution is -2.14. The Balaban J connectivity index is 2.18. The van der Waals surface area contributed by atoms with Gasteiger partial charge < -0.3 is 10.1 Å². The summed E-state index contributed by atoms with van der Waals surface area (Å²) in [6, 6.07) is 0. The first-order valence-corrected chi connectivity index (χ1v) is 7.80. The van der Waals surface area contributed by atoms with E-state index in [1.807, 2.05) is 0 Å². The van der Waals surface area contributed by atoms with Crippen molar-refractivity contribution in [1.82, 2.24) is 4.37 Å². The van der Waals surface area contributed by atoms with Crippen LogP contribution in [0.4, 0.5) is 5.69 Å². The monoisotopic (exact) mass is 300 g/mol. The highest BCUT2D eigenvalue weighted by Crippen LogP contribution is 2.45. The molecule has 0 atom stereocenters. The van der Waals surface area contributed by atoms with Crippen molar-refractivity contribution in [3.8, 4) is 0 Å². The van der Waals surface area contributed by atoms with Gasteiger partial charge >= 0.3 is 5.97 Å². The van der Waals surface area contributed by atoms with Gasteiger partial charge in [0.25, 0.3) is 0 Å². The van der Waals surface area contributed by atoms with Crippen molar-refractivity contribution in [3.63, 3.8) is 0 Å². The number of aromatic nitrogens is 1. The fraction of sp³-hybridized carbons (Fsp3) is 0.300. The van der Waals surface area contributed by atoms with Crippen LogP contribution in [0.15, 0.2) is 4.21 Å². The Hall–Kier alpha value is -1.12. The molecule has 2 aromatic heterocycles. The summed E-state index contributed by atoms with van der Waals surface area (Å²) in [5, 5.41) is 3.66. The second-order valence-electron chi connectivity index (χ2n) is 3.51. The summed E-state index contributed by atoms with van der Waals surface area (Å²) < 4.78 is 10.3. The molecule has 3 rings (SSSR count). The zero-order valence-corrected chi connectivity index (χ0v) is 11.8. The third-order valence-electron chi connectivity index (χ3n) is 2.36. The number of amides is 1. The molecule has 94 valence electrons. The maximum absolute atomic E-state index is 11.9. The Labute approximate surface area is 115 Å². The van der Waals surface area contributed by atoms with Crippen LogP contribution in [0.1, 0.15) is 16.6 Å². The van der Waals surface area contributed by atoms with Crippen molar-refractivity contribution in [1.29, 1.82) is 0 Å². The topological polar surface area (TPSA) is 68.3 Å². The second kappa shape index (κ2) is 4.52. The molecule has 8 heteroatoms. The molecule has 1 aliphatic rings. The van der Waals surface area contributed by atoms with E-state index in [1.165, 1.54) is 34.6 Å². The van der Waals surface area contributed by atoms with Gasteiger partial charge in [0.1, 0.15) is 9.71 Å². The number of rotatable bonds is 2. The molecule has 5 nitrogen and oxygen atoms in total. The average molecular weight is 300 g/mol. The number of anilines is 1. The molecule has 0 unspecified atom stereocenters. The van der Waals surface area contributed by atoms with Crippen LogP contribution in [0, 0.1) is 0 Å². The molecular weight excluding hydrogens is 292 g/mol. The molecule has 0 aliphatic carbocycles. The predicted molar refractivity (Wildman–Crippen MR) is 72.8 cm³/mol.